The lowest BCUT2D eigenvalue weighted by atomic mass is 9.77. The number of aliphatic hydroxyl groups is 1. The van der Waals surface area contributed by atoms with Crippen LogP contribution in [0.15, 0.2) is 53.5 Å². The van der Waals surface area contributed by atoms with Crippen molar-refractivity contribution in [2.45, 2.75) is 17.5 Å². The zero-order valence-corrected chi connectivity index (χ0v) is 15.6. The summed E-state index contributed by atoms with van der Waals surface area (Å²) in [5.74, 6) is -0.863. The van der Waals surface area contributed by atoms with Crippen LogP contribution in [0, 0.1) is 0 Å². The molecular formula is C21H15ClN2O4. The molecule has 0 unspecified atom stereocenters. The molecule has 0 spiro atoms. The lowest BCUT2D eigenvalue weighted by molar-refractivity contribution is -0.141. The molecular weight excluding hydrogens is 380 g/mol. The summed E-state index contributed by atoms with van der Waals surface area (Å²) in [6.07, 6.45) is 0. The van der Waals surface area contributed by atoms with Crippen molar-refractivity contribution in [3.8, 4) is 0 Å². The SMILES string of the molecule is COC(=O)Cn1c2c(c3ccccc31)C(=O)[C@@H](Cl)[C@@]1(O)C2=Nc2ccccc21. The monoisotopic (exact) mass is 394 g/mol. The third-order valence-electron chi connectivity index (χ3n) is 5.46. The zero-order chi connectivity index (χ0) is 19.6. The molecule has 0 bridgehead atoms. The van der Waals surface area contributed by atoms with Gasteiger partial charge in [0, 0.05) is 16.5 Å². The molecule has 1 aromatic heterocycles. The van der Waals surface area contributed by atoms with Crippen LogP contribution in [-0.4, -0.2) is 39.6 Å². The second kappa shape index (κ2) is 5.77. The smallest absolute Gasteiger partial charge is 0.325 e. The van der Waals surface area contributed by atoms with Gasteiger partial charge >= 0.3 is 5.97 Å². The number of methoxy groups -OCH3 is 1. The second-order valence-corrected chi connectivity index (χ2v) is 7.31. The van der Waals surface area contributed by atoms with Gasteiger partial charge in [0.25, 0.3) is 0 Å². The second-order valence-electron chi connectivity index (χ2n) is 6.87. The molecule has 7 heteroatoms. The first-order chi connectivity index (χ1) is 13.5. The molecule has 1 aliphatic carbocycles. The molecule has 0 saturated heterocycles. The number of carbonyl (C=O) groups excluding carboxylic acids is 2. The standard InChI is InChI=1S/C21H15ClN2O4/c1-28-15(25)10-24-14-9-5-2-6-11(14)16-17(24)20-21(27,19(22)18(16)26)12-7-3-4-8-13(12)23-20/h2-9,19,27H,10H2,1H3/t19-,21-/m1/s1. The van der Waals surface area contributed by atoms with Crippen molar-refractivity contribution >= 4 is 45.7 Å². The van der Waals surface area contributed by atoms with Gasteiger partial charge in [-0.3, -0.25) is 9.59 Å². The minimum Gasteiger partial charge on any atom is -0.468 e. The van der Waals surface area contributed by atoms with Crippen LogP contribution in [0.5, 0.6) is 0 Å². The van der Waals surface area contributed by atoms with Gasteiger partial charge in [-0.2, -0.15) is 0 Å². The van der Waals surface area contributed by atoms with Crippen molar-refractivity contribution in [3.63, 3.8) is 0 Å². The topological polar surface area (TPSA) is 80.9 Å². The molecule has 140 valence electrons. The van der Waals surface area contributed by atoms with Gasteiger partial charge < -0.3 is 14.4 Å². The van der Waals surface area contributed by atoms with E-state index in [-0.39, 0.29) is 12.3 Å². The number of aliphatic imine (C=N–C) groups is 1. The van der Waals surface area contributed by atoms with E-state index in [1.165, 1.54) is 7.11 Å². The van der Waals surface area contributed by atoms with Crippen molar-refractivity contribution in [1.82, 2.24) is 4.57 Å². The van der Waals surface area contributed by atoms with E-state index < -0.39 is 22.7 Å². The minimum absolute atomic E-state index is 0.113. The Bertz CT molecular complexity index is 1210. The van der Waals surface area contributed by atoms with Crippen LogP contribution in [0.1, 0.15) is 21.6 Å². The maximum atomic E-state index is 13.3. The summed E-state index contributed by atoms with van der Waals surface area (Å²) in [5, 5.41) is 11.0. The van der Waals surface area contributed by atoms with Gasteiger partial charge in [-0.1, -0.05) is 36.4 Å². The first kappa shape index (κ1) is 17.2. The van der Waals surface area contributed by atoms with E-state index >= 15 is 0 Å². The number of hydrogen-bond acceptors (Lipinski definition) is 5. The number of hydrogen-bond donors (Lipinski definition) is 1. The Morgan fingerprint density at radius 3 is 2.75 bits per heavy atom. The van der Waals surface area contributed by atoms with Crippen LogP contribution in [-0.2, 0) is 21.7 Å². The van der Waals surface area contributed by atoms with E-state index in [1.807, 2.05) is 18.2 Å². The summed E-state index contributed by atoms with van der Waals surface area (Å²) in [6, 6.07) is 14.3. The summed E-state index contributed by atoms with van der Waals surface area (Å²) in [6.45, 7) is -0.113. The van der Waals surface area contributed by atoms with Gasteiger partial charge in [0.15, 0.2) is 11.4 Å². The number of esters is 1. The predicted octanol–water partition coefficient (Wildman–Crippen LogP) is 2.94. The molecule has 2 heterocycles. The van der Waals surface area contributed by atoms with Gasteiger partial charge in [-0.05, 0) is 12.1 Å². The summed E-state index contributed by atoms with van der Waals surface area (Å²) in [7, 11) is 1.31. The van der Waals surface area contributed by atoms with Crippen molar-refractivity contribution in [1.29, 1.82) is 0 Å². The highest BCUT2D eigenvalue weighted by Crippen LogP contribution is 2.50. The van der Waals surface area contributed by atoms with Crippen LogP contribution in [0.2, 0.25) is 0 Å². The van der Waals surface area contributed by atoms with E-state index in [1.54, 1.807) is 34.9 Å². The highest BCUT2D eigenvalue weighted by atomic mass is 35.5. The molecule has 1 N–H and O–H groups in total. The van der Waals surface area contributed by atoms with Crippen LogP contribution in [0.4, 0.5) is 5.69 Å². The Labute approximate surface area is 165 Å². The zero-order valence-electron chi connectivity index (χ0n) is 14.8. The van der Waals surface area contributed by atoms with Crippen LogP contribution >= 0.6 is 11.6 Å². The predicted molar refractivity (Wildman–Crippen MR) is 104 cm³/mol. The number of halogens is 1. The number of fused-ring (bicyclic) bond motifs is 7. The maximum Gasteiger partial charge on any atom is 0.325 e. The molecule has 0 fully saturated rings. The van der Waals surface area contributed by atoms with Crippen LogP contribution < -0.4 is 0 Å². The minimum atomic E-state index is -1.76. The van der Waals surface area contributed by atoms with Gasteiger partial charge in [0.2, 0.25) is 0 Å². The molecule has 2 aromatic carbocycles. The maximum absolute atomic E-state index is 13.3. The number of Topliss-reactive ketones (excluding diaryl/α,β-unsaturated/α-hetero) is 1. The summed E-state index contributed by atoms with van der Waals surface area (Å²) >= 11 is 6.53. The first-order valence-electron chi connectivity index (χ1n) is 8.76. The molecule has 2 aliphatic rings. The lowest BCUT2D eigenvalue weighted by Crippen LogP contribution is -2.51. The van der Waals surface area contributed by atoms with Gasteiger partial charge in [0.1, 0.15) is 17.6 Å². The van der Waals surface area contributed by atoms with Crippen molar-refractivity contribution < 1.29 is 19.4 Å². The molecule has 0 radical (unpaired) electrons. The number of aromatic nitrogens is 1. The summed E-state index contributed by atoms with van der Waals surface area (Å²) < 4.78 is 6.51. The number of alkyl halides is 1. The third kappa shape index (κ3) is 1.99. The van der Waals surface area contributed by atoms with Crippen molar-refractivity contribution in [3.05, 3.63) is 65.4 Å². The molecule has 5 rings (SSSR count). The highest BCUT2D eigenvalue weighted by Gasteiger charge is 2.57. The number of benzene rings is 2. The fourth-order valence-corrected chi connectivity index (χ4v) is 4.52. The molecule has 28 heavy (non-hydrogen) atoms. The van der Waals surface area contributed by atoms with Gasteiger partial charge in [0.05, 0.1) is 24.1 Å². The number of ether oxygens (including phenoxy) is 1. The molecule has 0 amide bonds. The Morgan fingerprint density at radius 2 is 1.96 bits per heavy atom. The fraction of sp³-hybridized carbons (Fsp3) is 0.190. The third-order valence-corrected chi connectivity index (χ3v) is 5.98. The Kier molecular flexibility index (Phi) is 3.53. The van der Waals surface area contributed by atoms with E-state index in [0.717, 1.165) is 0 Å². The van der Waals surface area contributed by atoms with E-state index in [2.05, 4.69) is 4.99 Å². The Balaban J connectivity index is 1.89. The number of nitrogens with zero attached hydrogens (tertiary/aromatic N) is 2. The number of rotatable bonds is 2. The average Bonchev–Trinajstić information content (AvgIpc) is 3.20. The van der Waals surface area contributed by atoms with Crippen LogP contribution in [0.25, 0.3) is 10.9 Å². The van der Waals surface area contributed by atoms with Crippen LogP contribution in [0.3, 0.4) is 0 Å². The molecule has 0 saturated carbocycles. The van der Waals surface area contributed by atoms with Crippen molar-refractivity contribution in [2.24, 2.45) is 4.99 Å². The largest absolute Gasteiger partial charge is 0.468 e. The Morgan fingerprint density at radius 1 is 1.25 bits per heavy atom. The average molecular weight is 395 g/mol. The highest BCUT2D eigenvalue weighted by molar-refractivity contribution is 6.43. The number of para-hydroxylation sites is 2. The quantitative estimate of drug-likeness (QED) is 0.535. The normalized spacial score (nSPS) is 22.5. The van der Waals surface area contributed by atoms with E-state index in [9.17, 15) is 14.7 Å². The molecule has 6 nitrogen and oxygen atoms in total. The van der Waals surface area contributed by atoms with Gasteiger partial charge in [-0.25, -0.2) is 4.99 Å². The fourth-order valence-electron chi connectivity index (χ4n) is 4.19. The lowest BCUT2D eigenvalue weighted by Gasteiger charge is -2.34. The van der Waals surface area contributed by atoms with Crippen molar-refractivity contribution in [2.75, 3.05) is 7.11 Å². The van der Waals surface area contributed by atoms with E-state index in [0.29, 0.717) is 33.4 Å². The summed E-state index contributed by atoms with van der Waals surface area (Å²) in [4.78, 5) is 30.0. The number of carbonyl (C=O) groups is 2. The first-order valence-corrected chi connectivity index (χ1v) is 9.20. The van der Waals surface area contributed by atoms with E-state index in [4.69, 9.17) is 16.3 Å². The molecule has 1 aliphatic heterocycles. The van der Waals surface area contributed by atoms with Gasteiger partial charge in [-0.15, -0.1) is 11.6 Å². The molecule has 3 aromatic rings. The Hall–Kier alpha value is -2.96. The molecule has 2 atom stereocenters. The number of ketones is 1. The summed E-state index contributed by atoms with van der Waals surface area (Å²) in [5.41, 5.74) is 1.02.